The van der Waals surface area contributed by atoms with E-state index >= 15 is 0 Å². The second-order valence-electron chi connectivity index (χ2n) is 5.99. The van der Waals surface area contributed by atoms with Crippen molar-refractivity contribution < 1.29 is 9.59 Å². The zero-order valence-electron chi connectivity index (χ0n) is 11.8. The van der Waals surface area contributed by atoms with E-state index in [9.17, 15) is 9.59 Å². The van der Waals surface area contributed by atoms with Gasteiger partial charge in [-0.05, 0) is 37.7 Å². The molecule has 1 heterocycles. The Balaban J connectivity index is 1.69. The fourth-order valence-corrected chi connectivity index (χ4v) is 2.98. The molecule has 0 spiro atoms. The van der Waals surface area contributed by atoms with Crippen molar-refractivity contribution in [3.8, 4) is 0 Å². The molecule has 4 heteroatoms. The summed E-state index contributed by atoms with van der Waals surface area (Å²) in [6.07, 6.45) is 2.87. The van der Waals surface area contributed by atoms with Gasteiger partial charge >= 0.3 is 0 Å². The van der Waals surface area contributed by atoms with Gasteiger partial charge in [0.15, 0.2) is 0 Å². The molecule has 2 fully saturated rings. The normalized spacial score (nSPS) is 26.6. The number of rotatable bonds is 4. The van der Waals surface area contributed by atoms with E-state index in [1.54, 1.807) is 4.90 Å². The minimum atomic E-state index is -0.675. The summed E-state index contributed by atoms with van der Waals surface area (Å²) in [4.78, 5) is 26.2. The highest BCUT2D eigenvalue weighted by atomic mass is 16.2. The molecule has 2 aliphatic rings. The zero-order chi connectivity index (χ0) is 14.2. The molecule has 1 atom stereocenters. The number of nitrogens with one attached hydrogen (secondary N) is 1. The molecule has 0 aromatic heterocycles. The van der Waals surface area contributed by atoms with Gasteiger partial charge in [-0.1, -0.05) is 30.3 Å². The van der Waals surface area contributed by atoms with Crippen LogP contribution in [-0.4, -0.2) is 35.3 Å². The fourth-order valence-electron chi connectivity index (χ4n) is 2.98. The SMILES string of the molecule is CC1(C2CC2)NC(=O)CN(CCc2ccccc2)C1=O. The second-order valence-corrected chi connectivity index (χ2v) is 5.99. The number of hydrogen-bond acceptors (Lipinski definition) is 2. The van der Waals surface area contributed by atoms with Gasteiger partial charge in [0.05, 0.1) is 6.54 Å². The molecule has 0 radical (unpaired) electrons. The van der Waals surface area contributed by atoms with Crippen molar-refractivity contribution in [3.05, 3.63) is 35.9 Å². The fraction of sp³-hybridized carbons (Fsp3) is 0.500. The standard InChI is InChI=1S/C16H20N2O2/c1-16(13-7-8-13)15(20)18(11-14(19)17-16)10-9-12-5-3-2-4-6-12/h2-6,13H,7-11H2,1H3,(H,17,19). The molecular weight excluding hydrogens is 252 g/mol. The van der Waals surface area contributed by atoms with Crippen LogP contribution in [0.1, 0.15) is 25.3 Å². The Kier molecular flexibility index (Phi) is 3.24. The molecule has 20 heavy (non-hydrogen) atoms. The summed E-state index contributed by atoms with van der Waals surface area (Å²) in [7, 11) is 0. The van der Waals surface area contributed by atoms with E-state index in [1.165, 1.54) is 5.56 Å². The van der Waals surface area contributed by atoms with E-state index < -0.39 is 5.54 Å². The molecule has 1 aliphatic carbocycles. The molecule has 3 rings (SSSR count). The van der Waals surface area contributed by atoms with Crippen LogP contribution in [0, 0.1) is 5.92 Å². The number of carbonyl (C=O) groups excluding carboxylic acids is 2. The first kappa shape index (κ1) is 13.2. The first-order chi connectivity index (χ1) is 9.59. The maximum atomic E-state index is 12.6. The van der Waals surface area contributed by atoms with Crippen LogP contribution in [0.3, 0.4) is 0 Å². The molecule has 106 valence electrons. The van der Waals surface area contributed by atoms with E-state index in [2.05, 4.69) is 17.4 Å². The molecule has 4 nitrogen and oxygen atoms in total. The zero-order valence-corrected chi connectivity index (χ0v) is 11.8. The summed E-state index contributed by atoms with van der Waals surface area (Å²) < 4.78 is 0. The minimum Gasteiger partial charge on any atom is -0.340 e. The highest BCUT2D eigenvalue weighted by Gasteiger charge is 2.52. The molecule has 1 N–H and O–H groups in total. The maximum absolute atomic E-state index is 12.6. The second kappa shape index (κ2) is 4.93. The lowest BCUT2D eigenvalue weighted by molar-refractivity contribution is -0.150. The van der Waals surface area contributed by atoms with Crippen molar-refractivity contribution in [2.45, 2.75) is 31.7 Å². The summed E-state index contributed by atoms with van der Waals surface area (Å²) in [6, 6.07) is 10.1. The topological polar surface area (TPSA) is 49.4 Å². The molecule has 0 bridgehead atoms. The van der Waals surface area contributed by atoms with Crippen LogP contribution in [0.4, 0.5) is 0 Å². The first-order valence-corrected chi connectivity index (χ1v) is 7.24. The van der Waals surface area contributed by atoms with Crippen molar-refractivity contribution in [1.29, 1.82) is 0 Å². The lowest BCUT2D eigenvalue weighted by Crippen LogP contribution is -2.66. The van der Waals surface area contributed by atoms with Gasteiger partial charge in [-0.3, -0.25) is 9.59 Å². The smallest absolute Gasteiger partial charge is 0.248 e. The molecule has 1 saturated heterocycles. The Morgan fingerprint density at radius 3 is 2.60 bits per heavy atom. The van der Waals surface area contributed by atoms with E-state index in [0.717, 1.165) is 19.3 Å². The van der Waals surface area contributed by atoms with Crippen LogP contribution in [0.2, 0.25) is 0 Å². The van der Waals surface area contributed by atoms with Crippen molar-refractivity contribution in [1.82, 2.24) is 10.2 Å². The van der Waals surface area contributed by atoms with Gasteiger partial charge in [0.2, 0.25) is 11.8 Å². The monoisotopic (exact) mass is 272 g/mol. The van der Waals surface area contributed by atoms with Crippen molar-refractivity contribution in [2.24, 2.45) is 5.92 Å². The average molecular weight is 272 g/mol. The van der Waals surface area contributed by atoms with Crippen molar-refractivity contribution >= 4 is 11.8 Å². The van der Waals surface area contributed by atoms with Crippen LogP contribution < -0.4 is 5.32 Å². The highest BCUT2D eigenvalue weighted by molar-refractivity contribution is 5.98. The Morgan fingerprint density at radius 1 is 1.25 bits per heavy atom. The average Bonchev–Trinajstić information content (AvgIpc) is 3.27. The molecule has 1 aliphatic heterocycles. The molecule has 2 amide bonds. The van der Waals surface area contributed by atoms with Gasteiger partial charge in [0, 0.05) is 6.54 Å². The van der Waals surface area contributed by atoms with Crippen LogP contribution in [0.25, 0.3) is 0 Å². The lowest BCUT2D eigenvalue weighted by Gasteiger charge is -2.40. The molecule has 1 unspecified atom stereocenters. The summed E-state index contributed by atoms with van der Waals surface area (Å²) >= 11 is 0. The predicted molar refractivity (Wildman–Crippen MR) is 76.0 cm³/mol. The third-order valence-electron chi connectivity index (χ3n) is 4.37. The van der Waals surface area contributed by atoms with E-state index in [-0.39, 0.29) is 18.4 Å². The highest BCUT2D eigenvalue weighted by Crippen LogP contribution is 2.41. The Morgan fingerprint density at radius 2 is 1.95 bits per heavy atom. The number of carbonyl (C=O) groups is 2. The summed E-state index contributed by atoms with van der Waals surface area (Å²) in [5.41, 5.74) is 0.519. The molecule has 1 aromatic rings. The minimum absolute atomic E-state index is 0.0351. The first-order valence-electron chi connectivity index (χ1n) is 7.24. The largest absolute Gasteiger partial charge is 0.340 e. The Bertz CT molecular complexity index is 525. The van der Waals surface area contributed by atoms with Gasteiger partial charge in [0.1, 0.15) is 5.54 Å². The molecular formula is C16H20N2O2. The van der Waals surface area contributed by atoms with E-state index in [0.29, 0.717) is 12.5 Å². The van der Waals surface area contributed by atoms with E-state index in [4.69, 9.17) is 0 Å². The van der Waals surface area contributed by atoms with Gasteiger partial charge < -0.3 is 10.2 Å². The predicted octanol–water partition coefficient (Wildman–Crippen LogP) is 1.36. The Hall–Kier alpha value is -1.84. The maximum Gasteiger partial charge on any atom is 0.248 e. The lowest BCUT2D eigenvalue weighted by atomic mass is 9.91. The third kappa shape index (κ3) is 2.42. The van der Waals surface area contributed by atoms with Gasteiger partial charge in [0.25, 0.3) is 0 Å². The number of amides is 2. The van der Waals surface area contributed by atoms with Crippen LogP contribution in [0.15, 0.2) is 30.3 Å². The van der Waals surface area contributed by atoms with E-state index in [1.807, 2.05) is 25.1 Å². The van der Waals surface area contributed by atoms with Crippen molar-refractivity contribution in [3.63, 3.8) is 0 Å². The van der Waals surface area contributed by atoms with Crippen LogP contribution >= 0.6 is 0 Å². The number of nitrogens with zero attached hydrogens (tertiary/aromatic N) is 1. The summed E-state index contributed by atoms with van der Waals surface area (Å²) in [5.74, 6) is 0.362. The van der Waals surface area contributed by atoms with Crippen molar-refractivity contribution in [2.75, 3.05) is 13.1 Å². The van der Waals surface area contributed by atoms with Crippen LogP contribution in [-0.2, 0) is 16.0 Å². The summed E-state index contributed by atoms with van der Waals surface area (Å²) in [6.45, 7) is 2.67. The third-order valence-corrected chi connectivity index (χ3v) is 4.37. The quantitative estimate of drug-likeness (QED) is 0.899. The molecule has 1 saturated carbocycles. The number of benzene rings is 1. The number of hydrogen-bond donors (Lipinski definition) is 1. The molecule has 1 aromatic carbocycles. The van der Waals surface area contributed by atoms with Gasteiger partial charge in [-0.2, -0.15) is 0 Å². The van der Waals surface area contributed by atoms with Crippen LogP contribution in [0.5, 0.6) is 0 Å². The van der Waals surface area contributed by atoms with Gasteiger partial charge in [-0.25, -0.2) is 0 Å². The number of piperazine rings is 1. The van der Waals surface area contributed by atoms with Gasteiger partial charge in [-0.15, -0.1) is 0 Å². The summed E-state index contributed by atoms with van der Waals surface area (Å²) in [5, 5.41) is 2.90. The Labute approximate surface area is 119 Å².